The average Bonchev–Trinajstić information content (AvgIpc) is 2.59. The molecule has 0 aliphatic carbocycles. The van der Waals surface area contributed by atoms with E-state index in [1.807, 2.05) is 13.8 Å². The van der Waals surface area contributed by atoms with E-state index in [2.05, 4.69) is 0 Å². The Morgan fingerprint density at radius 3 is 2.39 bits per heavy atom. The second-order valence-electron chi connectivity index (χ2n) is 6.51. The van der Waals surface area contributed by atoms with Crippen LogP contribution in [0.1, 0.15) is 37.3 Å². The number of hydrogen-bond donors (Lipinski definition) is 2. The average molecular weight is 413 g/mol. The van der Waals surface area contributed by atoms with Gasteiger partial charge in [0, 0.05) is 23.3 Å². The maximum absolute atomic E-state index is 12.9. The van der Waals surface area contributed by atoms with Gasteiger partial charge in [-0.15, -0.1) is 0 Å². The van der Waals surface area contributed by atoms with Crippen molar-refractivity contribution in [3.05, 3.63) is 56.7 Å². The number of phenols is 2. The first-order valence-electron chi connectivity index (χ1n) is 8.44. The van der Waals surface area contributed by atoms with E-state index in [9.17, 15) is 28.2 Å². The Balaban J connectivity index is 2.31. The van der Waals surface area contributed by atoms with E-state index in [-0.39, 0.29) is 39.0 Å². The van der Waals surface area contributed by atoms with Gasteiger partial charge in [-0.25, -0.2) is 0 Å². The van der Waals surface area contributed by atoms with Crippen LogP contribution in [0, 0.1) is 0 Å². The minimum absolute atomic E-state index is 0.0229. The molecule has 0 saturated carbocycles. The third-order valence-electron chi connectivity index (χ3n) is 4.66. The Labute approximate surface area is 162 Å². The Bertz CT molecular complexity index is 1120. The number of hydrogen-bond acceptors (Lipinski definition) is 4. The number of alkyl halides is 3. The van der Waals surface area contributed by atoms with Crippen LogP contribution in [0.15, 0.2) is 39.5 Å². The van der Waals surface area contributed by atoms with Crippen molar-refractivity contribution in [2.75, 3.05) is 0 Å². The molecular formula is C20H16ClF3O4. The Kier molecular flexibility index (Phi) is 5.06. The molecule has 0 saturated heterocycles. The molecule has 0 bridgehead atoms. The van der Waals surface area contributed by atoms with Crippen LogP contribution in [-0.4, -0.2) is 10.2 Å². The van der Waals surface area contributed by atoms with Crippen LogP contribution in [0.3, 0.4) is 0 Å². The van der Waals surface area contributed by atoms with Crippen LogP contribution in [0.25, 0.3) is 22.3 Å². The predicted molar refractivity (Wildman–Crippen MR) is 100.0 cm³/mol. The molecule has 0 radical (unpaired) electrons. The topological polar surface area (TPSA) is 70.7 Å². The smallest absolute Gasteiger partial charge is 0.416 e. The van der Waals surface area contributed by atoms with E-state index in [0.717, 1.165) is 30.3 Å². The van der Waals surface area contributed by atoms with Crippen LogP contribution in [0.2, 0.25) is 5.02 Å². The second-order valence-corrected chi connectivity index (χ2v) is 6.92. The van der Waals surface area contributed by atoms with E-state index in [4.69, 9.17) is 16.0 Å². The minimum Gasteiger partial charge on any atom is -0.507 e. The number of benzene rings is 2. The lowest BCUT2D eigenvalue weighted by atomic mass is 9.94. The summed E-state index contributed by atoms with van der Waals surface area (Å²) in [5, 5.41) is 20.0. The number of aromatic hydroxyl groups is 2. The van der Waals surface area contributed by atoms with Crippen molar-refractivity contribution < 1.29 is 27.8 Å². The van der Waals surface area contributed by atoms with Gasteiger partial charge in [0.15, 0.2) is 5.43 Å². The van der Waals surface area contributed by atoms with Crippen molar-refractivity contribution in [1.82, 2.24) is 0 Å². The molecule has 0 aliphatic heterocycles. The lowest BCUT2D eigenvalue weighted by molar-refractivity contribution is -0.137. The molecule has 1 unspecified atom stereocenters. The first-order valence-corrected chi connectivity index (χ1v) is 8.82. The summed E-state index contributed by atoms with van der Waals surface area (Å²) in [7, 11) is 0. The van der Waals surface area contributed by atoms with E-state index in [0.29, 0.717) is 12.0 Å². The molecule has 2 aromatic carbocycles. The zero-order valence-electron chi connectivity index (χ0n) is 14.9. The van der Waals surface area contributed by atoms with Crippen LogP contribution in [0.5, 0.6) is 11.5 Å². The third kappa shape index (κ3) is 3.42. The van der Waals surface area contributed by atoms with Gasteiger partial charge in [-0.1, -0.05) is 25.4 Å². The molecule has 3 aromatic rings. The highest BCUT2D eigenvalue weighted by molar-refractivity contribution is 6.33. The first kappa shape index (κ1) is 20.1. The molecule has 4 nitrogen and oxygen atoms in total. The molecule has 1 aromatic heterocycles. The van der Waals surface area contributed by atoms with Crippen molar-refractivity contribution >= 4 is 22.6 Å². The number of phenolic OH excluding ortho intramolecular Hbond substituents is 2. The molecule has 0 spiro atoms. The van der Waals surface area contributed by atoms with Gasteiger partial charge in [0.2, 0.25) is 0 Å². The molecule has 8 heteroatoms. The van der Waals surface area contributed by atoms with Crippen molar-refractivity contribution in [1.29, 1.82) is 0 Å². The monoisotopic (exact) mass is 412 g/mol. The van der Waals surface area contributed by atoms with E-state index in [1.165, 1.54) is 0 Å². The minimum atomic E-state index is -4.56. The fourth-order valence-electron chi connectivity index (χ4n) is 3.03. The van der Waals surface area contributed by atoms with Crippen LogP contribution in [0.4, 0.5) is 13.2 Å². The molecule has 148 valence electrons. The zero-order valence-corrected chi connectivity index (χ0v) is 15.6. The summed E-state index contributed by atoms with van der Waals surface area (Å²) in [6.45, 7) is 3.68. The Morgan fingerprint density at radius 1 is 1.14 bits per heavy atom. The predicted octanol–water partition coefficient (Wildman–Crippen LogP) is 6.06. The van der Waals surface area contributed by atoms with Crippen LogP contribution >= 0.6 is 11.6 Å². The summed E-state index contributed by atoms with van der Waals surface area (Å²) < 4.78 is 44.3. The Morgan fingerprint density at radius 2 is 1.82 bits per heavy atom. The molecular weight excluding hydrogens is 397 g/mol. The maximum Gasteiger partial charge on any atom is 0.416 e. The molecule has 28 heavy (non-hydrogen) atoms. The van der Waals surface area contributed by atoms with Gasteiger partial charge >= 0.3 is 6.18 Å². The fraction of sp³-hybridized carbons (Fsp3) is 0.250. The van der Waals surface area contributed by atoms with E-state index < -0.39 is 22.9 Å². The van der Waals surface area contributed by atoms with Crippen molar-refractivity contribution in [3.8, 4) is 22.8 Å². The van der Waals surface area contributed by atoms with Crippen molar-refractivity contribution in [2.45, 2.75) is 32.4 Å². The summed E-state index contributed by atoms with van der Waals surface area (Å²) in [6, 6.07) is 4.82. The number of halogens is 4. The fourth-order valence-corrected chi connectivity index (χ4v) is 3.30. The van der Waals surface area contributed by atoms with Crippen LogP contribution < -0.4 is 5.43 Å². The lowest BCUT2D eigenvalue weighted by Gasteiger charge is -2.16. The molecule has 1 heterocycles. The summed E-state index contributed by atoms with van der Waals surface area (Å²) in [5.74, 6) is -0.952. The highest BCUT2D eigenvalue weighted by atomic mass is 35.5. The lowest BCUT2D eigenvalue weighted by Crippen LogP contribution is -2.06. The molecule has 2 N–H and O–H groups in total. The number of fused-ring (bicyclic) bond motifs is 1. The van der Waals surface area contributed by atoms with Gasteiger partial charge in [0.05, 0.1) is 10.6 Å². The van der Waals surface area contributed by atoms with Gasteiger partial charge in [0.25, 0.3) is 0 Å². The molecule has 3 rings (SSSR count). The molecule has 0 fully saturated rings. The second kappa shape index (κ2) is 7.05. The van der Waals surface area contributed by atoms with Gasteiger partial charge in [-0.3, -0.25) is 4.79 Å². The Hall–Kier alpha value is -2.67. The summed E-state index contributed by atoms with van der Waals surface area (Å²) in [6.07, 6.45) is -3.95. The molecule has 1 atom stereocenters. The highest BCUT2D eigenvalue weighted by Crippen LogP contribution is 2.41. The van der Waals surface area contributed by atoms with Gasteiger partial charge in [0.1, 0.15) is 28.2 Å². The van der Waals surface area contributed by atoms with E-state index >= 15 is 0 Å². The standard InChI is InChI=1S/C20H16ClF3O4/c1-3-9(2)17-13(25)7-14(26)18-15(27)8-16(28-19(17)18)11-5-4-10(6-12(11)21)20(22,23)24/h4-9,25-26H,3H2,1-2H3. The first-order chi connectivity index (χ1) is 13.0. The normalized spacial score (nSPS) is 13.1. The highest BCUT2D eigenvalue weighted by Gasteiger charge is 2.31. The van der Waals surface area contributed by atoms with Crippen molar-refractivity contribution in [3.63, 3.8) is 0 Å². The SMILES string of the molecule is CCC(C)c1c(O)cc(O)c2c(=O)cc(-c3ccc(C(F)(F)F)cc3Cl)oc12. The van der Waals surface area contributed by atoms with Gasteiger partial charge < -0.3 is 14.6 Å². The third-order valence-corrected chi connectivity index (χ3v) is 4.98. The number of rotatable bonds is 3. The largest absolute Gasteiger partial charge is 0.507 e. The van der Waals surface area contributed by atoms with Crippen LogP contribution in [-0.2, 0) is 6.18 Å². The summed E-state index contributed by atoms with van der Waals surface area (Å²) >= 11 is 6.00. The summed E-state index contributed by atoms with van der Waals surface area (Å²) in [4.78, 5) is 12.6. The molecule has 0 amide bonds. The van der Waals surface area contributed by atoms with Gasteiger partial charge in [-0.2, -0.15) is 13.2 Å². The maximum atomic E-state index is 12.9. The molecule has 0 aliphatic rings. The van der Waals surface area contributed by atoms with E-state index in [1.54, 1.807) is 0 Å². The summed E-state index contributed by atoms with van der Waals surface area (Å²) in [5.41, 5.74) is -1.14. The quantitative estimate of drug-likeness (QED) is 0.548. The van der Waals surface area contributed by atoms with Gasteiger partial charge in [-0.05, 0) is 30.5 Å². The zero-order chi connectivity index (χ0) is 20.8. The van der Waals surface area contributed by atoms with Crippen molar-refractivity contribution in [2.24, 2.45) is 0 Å².